The Labute approximate surface area is 96.4 Å². The van der Waals surface area contributed by atoms with E-state index < -0.39 is 5.41 Å². The molecule has 0 atom stereocenters. The largest absolute Gasteiger partial charge is 0.468 e. The van der Waals surface area contributed by atoms with Gasteiger partial charge in [0, 0.05) is 17.3 Å². The van der Waals surface area contributed by atoms with E-state index in [1.807, 2.05) is 0 Å². The minimum atomic E-state index is -0.738. The third-order valence-electron chi connectivity index (χ3n) is 2.67. The smallest absolute Gasteiger partial charge is 0.318 e. The number of aromatic amines is 1. The maximum Gasteiger partial charge on any atom is 0.318 e. The van der Waals surface area contributed by atoms with Crippen LogP contribution in [0.4, 0.5) is 0 Å². The molecule has 0 aliphatic rings. The van der Waals surface area contributed by atoms with Gasteiger partial charge in [-0.25, -0.2) is 4.98 Å². The van der Waals surface area contributed by atoms with Gasteiger partial charge in [-0.3, -0.25) is 4.79 Å². The van der Waals surface area contributed by atoms with E-state index in [-0.39, 0.29) is 11.4 Å². The molecule has 1 heterocycles. The molecule has 90 valence electrons. The number of hydrogen-bond donors (Lipinski definition) is 1. The van der Waals surface area contributed by atoms with Crippen LogP contribution in [0.25, 0.3) is 0 Å². The lowest BCUT2D eigenvalue weighted by Crippen LogP contribution is -2.31. The maximum atomic E-state index is 11.6. The molecule has 0 aliphatic heterocycles. The van der Waals surface area contributed by atoms with Gasteiger partial charge < -0.3 is 9.72 Å². The fraction of sp³-hybridized carbons (Fsp3) is 0.667. The van der Waals surface area contributed by atoms with Crippen molar-refractivity contribution in [3.05, 3.63) is 17.7 Å². The Morgan fingerprint density at radius 1 is 1.31 bits per heavy atom. The van der Waals surface area contributed by atoms with Crippen molar-refractivity contribution in [3.8, 4) is 0 Å². The quantitative estimate of drug-likeness (QED) is 0.783. The number of nitrogens with one attached hydrogen (secondary N) is 1. The molecule has 0 radical (unpaired) electrons. The van der Waals surface area contributed by atoms with Crippen molar-refractivity contribution in [2.24, 2.45) is 0 Å². The average Bonchev–Trinajstić information content (AvgIpc) is 2.64. The molecule has 1 aromatic heterocycles. The van der Waals surface area contributed by atoms with Crippen molar-refractivity contribution in [1.29, 1.82) is 0 Å². The van der Waals surface area contributed by atoms with Crippen molar-refractivity contribution in [1.82, 2.24) is 9.97 Å². The van der Waals surface area contributed by atoms with Crippen molar-refractivity contribution in [3.63, 3.8) is 0 Å². The van der Waals surface area contributed by atoms with Crippen LogP contribution in [-0.4, -0.2) is 23.0 Å². The van der Waals surface area contributed by atoms with Gasteiger partial charge in [-0.05, 0) is 13.8 Å². The highest BCUT2D eigenvalue weighted by atomic mass is 16.5. The van der Waals surface area contributed by atoms with E-state index >= 15 is 0 Å². The van der Waals surface area contributed by atoms with Gasteiger partial charge in [0.05, 0.1) is 7.11 Å². The molecule has 4 nitrogen and oxygen atoms in total. The zero-order chi connectivity index (χ0) is 12.6. The number of imidazole rings is 1. The molecule has 4 heteroatoms. The first kappa shape index (κ1) is 12.7. The number of H-pyrrole nitrogens is 1. The minimum absolute atomic E-state index is 0.00253. The number of methoxy groups -OCH3 is 1. The predicted molar refractivity (Wildman–Crippen MR) is 62.3 cm³/mol. The van der Waals surface area contributed by atoms with Crippen molar-refractivity contribution in [2.75, 3.05) is 7.11 Å². The van der Waals surface area contributed by atoms with Crippen molar-refractivity contribution in [2.45, 2.75) is 45.4 Å². The molecule has 1 rings (SSSR count). The summed E-state index contributed by atoms with van der Waals surface area (Å²) >= 11 is 0. The van der Waals surface area contributed by atoms with Crippen LogP contribution in [0.5, 0.6) is 0 Å². The molecule has 0 spiro atoms. The van der Waals surface area contributed by atoms with Gasteiger partial charge in [0.15, 0.2) is 0 Å². The molecule has 0 unspecified atom stereocenters. The van der Waals surface area contributed by atoms with E-state index in [1.165, 1.54) is 7.11 Å². The van der Waals surface area contributed by atoms with E-state index in [4.69, 9.17) is 4.74 Å². The van der Waals surface area contributed by atoms with Gasteiger partial charge in [0.2, 0.25) is 0 Å². The summed E-state index contributed by atoms with van der Waals surface area (Å²) in [7, 11) is 1.39. The van der Waals surface area contributed by atoms with Gasteiger partial charge >= 0.3 is 5.97 Å². The maximum absolute atomic E-state index is 11.6. The third-order valence-corrected chi connectivity index (χ3v) is 2.67. The molecule has 16 heavy (non-hydrogen) atoms. The highest BCUT2D eigenvalue weighted by Gasteiger charge is 2.34. The SMILES string of the molecule is COC(=O)C(C)(C)c1ncc(C(C)(C)C)[nH]1. The van der Waals surface area contributed by atoms with E-state index in [2.05, 4.69) is 30.7 Å². The molecule has 1 N–H and O–H groups in total. The van der Waals surface area contributed by atoms with E-state index in [0.29, 0.717) is 5.82 Å². The summed E-state index contributed by atoms with van der Waals surface area (Å²) in [6.07, 6.45) is 1.78. The number of carbonyl (C=O) groups is 1. The van der Waals surface area contributed by atoms with Crippen LogP contribution >= 0.6 is 0 Å². The van der Waals surface area contributed by atoms with Crippen LogP contribution in [-0.2, 0) is 20.4 Å². The number of esters is 1. The number of aromatic nitrogens is 2. The molecular formula is C12H20N2O2. The fourth-order valence-electron chi connectivity index (χ4n) is 1.37. The summed E-state index contributed by atoms with van der Waals surface area (Å²) in [4.78, 5) is 19.1. The Morgan fingerprint density at radius 2 is 1.88 bits per heavy atom. The third kappa shape index (κ3) is 2.26. The van der Waals surface area contributed by atoms with Crippen LogP contribution in [0.3, 0.4) is 0 Å². The van der Waals surface area contributed by atoms with Crippen LogP contribution in [0.15, 0.2) is 6.20 Å². The molecule has 0 amide bonds. The first-order valence-corrected chi connectivity index (χ1v) is 5.34. The van der Waals surface area contributed by atoms with Gasteiger partial charge in [-0.1, -0.05) is 20.8 Å². The Hall–Kier alpha value is -1.32. The van der Waals surface area contributed by atoms with E-state index in [9.17, 15) is 4.79 Å². The van der Waals surface area contributed by atoms with Crippen molar-refractivity contribution >= 4 is 5.97 Å². The predicted octanol–water partition coefficient (Wildman–Crippen LogP) is 2.16. The summed E-state index contributed by atoms with van der Waals surface area (Å²) in [5, 5.41) is 0. The number of rotatable bonds is 2. The monoisotopic (exact) mass is 224 g/mol. The number of nitrogens with zero attached hydrogens (tertiary/aromatic N) is 1. The summed E-state index contributed by atoms with van der Waals surface area (Å²) in [6.45, 7) is 9.87. The molecule has 1 aromatic rings. The highest BCUT2D eigenvalue weighted by molar-refractivity contribution is 5.80. The Bertz CT molecular complexity index is 386. The van der Waals surface area contributed by atoms with Crippen LogP contribution < -0.4 is 0 Å². The molecule has 0 bridgehead atoms. The van der Waals surface area contributed by atoms with Gasteiger partial charge in [-0.2, -0.15) is 0 Å². The van der Waals surface area contributed by atoms with E-state index in [0.717, 1.165) is 5.69 Å². The Kier molecular flexibility index (Phi) is 3.13. The second-order valence-corrected chi connectivity index (χ2v) is 5.51. The molecule has 0 fully saturated rings. The van der Waals surface area contributed by atoms with E-state index in [1.54, 1.807) is 20.0 Å². The topological polar surface area (TPSA) is 55.0 Å². The zero-order valence-electron chi connectivity index (χ0n) is 10.8. The number of ether oxygens (including phenoxy) is 1. The number of hydrogen-bond acceptors (Lipinski definition) is 3. The second-order valence-electron chi connectivity index (χ2n) is 5.51. The first-order valence-electron chi connectivity index (χ1n) is 5.34. The Morgan fingerprint density at radius 3 is 2.25 bits per heavy atom. The lowest BCUT2D eigenvalue weighted by atomic mass is 9.91. The zero-order valence-corrected chi connectivity index (χ0v) is 10.8. The molecule has 0 saturated carbocycles. The summed E-state index contributed by atoms with van der Waals surface area (Å²) in [5.41, 5.74) is 0.273. The van der Waals surface area contributed by atoms with Crippen molar-refractivity contribution < 1.29 is 9.53 Å². The standard InChI is InChI=1S/C12H20N2O2/c1-11(2,3)8-7-13-9(14-8)12(4,5)10(15)16-6/h7H,1-6H3,(H,13,14). The minimum Gasteiger partial charge on any atom is -0.468 e. The molecule has 0 aromatic carbocycles. The molecule has 0 aliphatic carbocycles. The molecule has 0 saturated heterocycles. The lowest BCUT2D eigenvalue weighted by Gasteiger charge is -2.20. The second kappa shape index (κ2) is 3.92. The normalized spacial score (nSPS) is 12.6. The van der Waals surface area contributed by atoms with Crippen LogP contribution in [0.1, 0.15) is 46.1 Å². The lowest BCUT2D eigenvalue weighted by molar-refractivity contribution is -0.146. The fourth-order valence-corrected chi connectivity index (χ4v) is 1.37. The highest BCUT2D eigenvalue weighted by Crippen LogP contribution is 2.26. The van der Waals surface area contributed by atoms with Gasteiger partial charge in [0.25, 0.3) is 0 Å². The van der Waals surface area contributed by atoms with Crippen LogP contribution in [0.2, 0.25) is 0 Å². The number of carbonyl (C=O) groups excluding carboxylic acids is 1. The first-order chi connectivity index (χ1) is 7.19. The summed E-state index contributed by atoms with van der Waals surface area (Å²) < 4.78 is 4.77. The average molecular weight is 224 g/mol. The summed E-state index contributed by atoms with van der Waals surface area (Å²) in [6, 6.07) is 0. The summed E-state index contributed by atoms with van der Waals surface area (Å²) in [5.74, 6) is 0.353. The van der Waals surface area contributed by atoms with Crippen LogP contribution in [0, 0.1) is 0 Å². The van der Waals surface area contributed by atoms with Gasteiger partial charge in [-0.15, -0.1) is 0 Å². The Balaban J connectivity index is 3.07. The van der Waals surface area contributed by atoms with Gasteiger partial charge in [0.1, 0.15) is 11.2 Å². The molecular weight excluding hydrogens is 204 g/mol.